The van der Waals surface area contributed by atoms with Gasteiger partial charge in [-0.15, -0.1) is 0 Å². The van der Waals surface area contributed by atoms with Crippen LogP contribution in [0.4, 0.5) is 0 Å². The van der Waals surface area contributed by atoms with E-state index < -0.39 is 12.2 Å². The van der Waals surface area contributed by atoms with Crippen LogP contribution in [0, 0.1) is 0 Å². The molecule has 32 heavy (non-hydrogen) atoms. The Morgan fingerprint density at radius 1 is 0.656 bits per heavy atom. The standard InChI is InChI=1S/C24H34N2O6/c1-29-17-5-7-23(31-3)19(13-17)21(27)15-25-9-11-26(12-10-25)16-22(28)20-14-18(30-2)6-8-24(20)32-4/h5-8,13-14,21-22,27-28H,9-12,15-16H2,1-4H3. The molecule has 2 aromatic rings. The molecule has 2 atom stereocenters. The lowest BCUT2D eigenvalue weighted by molar-refractivity contribution is 0.0470. The Bertz CT molecular complexity index is 798. The average molecular weight is 447 g/mol. The Kier molecular flexibility index (Phi) is 8.58. The predicted octanol–water partition coefficient (Wildman–Crippen LogP) is 2.11. The third kappa shape index (κ3) is 5.83. The summed E-state index contributed by atoms with van der Waals surface area (Å²) in [5.74, 6) is 2.66. The lowest BCUT2D eigenvalue weighted by atomic mass is 10.1. The van der Waals surface area contributed by atoms with E-state index in [2.05, 4.69) is 9.80 Å². The second-order valence-corrected chi connectivity index (χ2v) is 7.85. The number of rotatable bonds is 10. The van der Waals surface area contributed by atoms with Crippen LogP contribution in [0.1, 0.15) is 23.3 Å². The maximum Gasteiger partial charge on any atom is 0.124 e. The van der Waals surface area contributed by atoms with Gasteiger partial charge in [0, 0.05) is 50.4 Å². The Morgan fingerprint density at radius 3 is 1.34 bits per heavy atom. The van der Waals surface area contributed by atoms with Crippen LogP contribution in [-0.2, 0) is 0 Å². The molecule has 2 N–H and O–H groups in total. The highest BCUT2D eigenvalue weighted by molar-refractivity contribution is 5.42. The minimum absolute atomic E-state index is 0.504. The molecule has 176 valence electrons. The van der Waals surface area contributed by atoms with Crippen molar-refractivity contribution in [3.63, 3.8) is 0 Å². The molecule has 2 unspecified atom stereocenters. The molecule has 3 rings (SSSR count). The topological polar surface area (TPSA) is 83.9 Å². The third-order valence-corrected chi connectivity index (χ3v) is 5.92. The van der Waals surface area contributed by atoms with Crippen LogP contribution >= 0.6 is 0 Å². The van der Waals surface area contributed by atoms with E-state index in [1.807, 2.05) is 36.4 Å². The van der Waals surface area contributed by atoms with Crippen LogP contribution in [-0.4, -0.2) is 87.7 Å². The number of hydrogen-bond donors (Lipinski definition) is 2. The van der Waals surface area contributed by atoms with Gasteiger partial charge in [-0.2, -0.15) is 0 Å². The number of hydrogen-bond acceptors (Lipinski definition) is 8. The van der Waals surface area contributed by atoms with Crippen LogP contribution in [0.5, 0.6) is 23.0 Å². The number of ether oxygens (including phenoxy) is 4. The first kappa shape index (κ1) is 24.1. The summed E-state index contributed by atoms with van der Waals surface area (Å²) in [5, 5.41) is 21.6. The average Bonchev–Trinajstić information content (AvgIpc) is 2.84. The van der Waals surface area contributed by atoms with Crippen molar-refractivity contribution in [3.8, 4) is 23.0 Å². The highest BCUT2D eigenvalue weighted by Crippen LogP contribution is 2.31. The van der Waals surface area contributed by atoms with E-state index in [0.717, 1.165) is 37.3 Å². The van der Waals surface area contributed by atoms with Gasteiger partial charge in [-0.05, 0) is 36.4 Å². The Hall–Kier alpha value is -2.52. The van der Waals surface area contributed by atoms with Gasteiger partial charge in [-0.3, -0.25) is 9.80 Å². The molecule has 0 aliphatic carbocycles. The zero-order valence-corrected chi connectivity index (χ0v) is 19.3. The van der Waals surface area contributed by atoms with E-state index in [1.165, 1.54) is 0 Å². The van der Waals surface area contributed by atoms with Crippen molar-refractivity contribution < 1.29 is 29.2 Å². The Morgan fingerprint density at radius 2 is 1.03 bits per heavy atom. The van der Waals surface area contributed by atoms with Crippen molar-refractivity contribution in [2.75, 3.05) is 67.7 Å². The molecular formula is C24H34N2O6. The fourth-order valence-corrected chi connectivity index (χ4v) is 4.04. The molecule has 8 nitrogen and oxygen atoms in total. The summed E-state index contributed by atoms with van der Waals surface area (Å²) < 4.78 is 21.4. The third-order valence-electron chi connectivity index (χ3n) is 5.92. The van der Waals surface area contributed by atoms with Crippen molar-refractivity contribution in [2.24, 2.45) is 0 Å². The number of aliphatic hydroxyl groups excluding tert-OH is 2. The van der Waals surface area contributed by atoms with Crippen LogP contribution in [0.15, 0.2) is 36.4 Å². The first-order valence-electron chi connectivity index (χ1n) is 10.7. The van der Waals surface area contributed by atoms with Crippen LogP contribution < -0.4 is 18.9 Å². The first-order chi connectivity index (χ1) is 15.5. The minimum atomic E-state index is -0.682. The number of benzene rings is 2. The van der Waals surface area contributed by atoms with Crippen molar-refractivity contribution in [1.29, 1.82) is 0 Å². The number of nitrogens with zero attached hydrogens (tertiary/aromatic N) is 2. The van der Waals surface area contributed by atoms with Crippen molar-refractivity contribution in [3.05, 3.63) is 47.5 Å². The van der Waals surface area contributed by atoms with Crippen molar-refractivity contribution in [2.45, 2.75) is 12.2 Å². The zero-order chi connectivity index (χ0) is 23.1. The maximum absolute atomic E-state index is 10.8. The van der Waals surface area contributed by atoms with E-state index in [4.69, 9.17) is 18.9 Å². The van der Waals surface area contributed by atoms with Crippen LogP contribution in [0.2, 0.25) is 0 Å². The summed E-state index contributed by atoms with van der Waals surface area (Å²) in [6, 6.07) is 10.9. The summed E-state index contributed by atoms with van der Waals surface area (Å²) in [7, 11) is 6.40. The SMILES string of the molecule is COc1ccc(OC)c(C(O)CN2CCN(CC(O)c3cc(OC)ccc3OC)CC2)c1. The van der Waals surface area contributed by atoms with Gasteiger partial charge in [-0.1, -0.05) is 0 Å². The summed E-state index contributed by atoms with van der Waals surface area (Å²) in [4.78, 5) is 4.44. The summed E-state index contributed by atoms with van der Waals surface area (Å²) in [6.07, 6.45) is -1.36. The van der Waals surface area contributed by atoms with E-state index in [0.29, 0.717) is 36.1 Å². The van der Waals surface area contributed by atoms with Gasteiger partial charge < -0.3 is 29.2 Å². The molecule has 0 aromatic heterocycles. The number of aliphatic hydroxyl groups is 2. The number of β-amino-alcohol motifs (C(OH)–C–C–N with tert-alkyl or cyclic N) is 2. The molecule has 8 heteroatoms. The van der Waals surface area contributed by atoms with Gasteiger partial charge in [-0.25, -0.2) is 0 Å². The molecule has 0 bridgehead atoms. The van der Waals surface area contributed by atoms with Gasteiger partial charge in [0.15, 0.2) is 0 Å². The van der Waals surface area contributed by atoms with Crippen LogP contribution in [0.25, 0.3) is 0 Å². The maximum atomic E-state index is 10.8. The van der Waals surface area contributed by atoms with Gasteiger partial charge in [0.1, 0.15) is 23.0 Å². The Balaban J connectivity index is 1.56. The summed E-state index contributed by atoms with van der Waals surface area (Å²) in [5.41, 5.74) is 1.43. The van der Waals surface area contributed by atoms with E-state index >= 15 is 0 Å². The van der Waals surface area contributed by atoms with E-state index in [-0.39, 0.29) is 0 Å². The molecule has 1 aliphatic rings. The van der Waals surface area contributed by atoms with Gasteiger partial charge >= 0.3 is 0 Å². The van der Waals surface area contributed by atoms with Crippen LogP contribution in [0.3, 0.4) is 0 Å². The minimum Gasteiger partial charge on any atom is -0.497 e. The molecule has 2 aromatic carbocycles. The molecule has 1 heterocycles. The van der Waals surface area contributed by atoms with E-state index in [1.54, 1.807) is 28.4 Å². The predicted molar refractivity (Wildman–Crippen MR) is 122 cm³/mol. The van der Waals surface area contributed by atoms with Crippen molar-refractivity contribution >= 4 is 0 Å². The molecule has 0 radical (unpaired) electrons. The highest BCUT2D eigenvalue weighted by Gasteiger charge is 2.24. The quantitative estimate of drug-likeness (QED) is 0.574. The Labute approximate surface area is 189 Å². The lowest BCUT2D eigenvalue weighted by Crippen LogP contribution is -2.48. The second kappa shape index (κ2) is 11.4. The normalized spacial score (nSPS) is 16.9. The lowest BCUT2D eigenvalue weighted by Gasteiger charge is -2.36. The number of methoxy groups -OCH3 is 4. The molecule has 1 saturated heterocycles. The van der Waals surface area contributed by atoms with E-state index in [9.17, 15) is 10.2 Å². The molecule has 1 aliphatic heterocycles. The molecule has 0 spiro atoms. The molecule has 0 amide bonds. The van der Waals surface area contributed by atoms with Gasteiger partial charge in [0.05, 0.1) is 40.6 Å². The zero-order valence-electron chi connectivity index (χ0n) is 19.3. The highest BCUT2D eigenvalue weighted by atomic mass is 16.5. The fourth-order valence-electron chi connectivity index (χ4n) is 4.04. The largest absolute Gasteiger partial charge is 0.497 e. The van der Waals surface area contributed by atoms with Crippen molar-refractivity contribution in [1.82, 2.24) is 9.80 Å². The monoisotopic (exact) mass is 446 g/mol. The smallest absolute Gasteiger partial charge is 0.124 e. The van der Waals surface area contributed by atoms with Gasteiger partial charge in [0.2, 0.25) is 0 Å². The second-order valence-electron chi connectivity index (χ2n) is 7.85. The summed E-state index contributed by atoms with van der Waals surface area (Å²) in [6.45, 7) is 4.19. The molecule has 1 fully saturated rings. The fraction of sp³-hybridized carbons (Fsp3) is 0.500. The summed E-state index contributed by atoms with van der Waals surface area (Å²) >= 11 is 0. The number of piperazine rings is 1. The van der Waals surface area contributed by atoms with Gasteiger partial charge in [0.25, 0.3) is 0 Å². The molecule has 0 saturated carbocycles. The molecular weight excluding hydrogens is 412 g/mol. The first-order valence-corrected chi connectivity index (χ1v) is 10.7.